The Hall–Kier alpha value is -1.97. The van der Waals surface area contributed by atoms with Gasteiger partial charge in [-0.25, -0.2) is 9.37 Å². The molecule has 1 aromatic heterocycles. The normalized spacial score (nSPS) is 16.8. The number of carbonyl (C=O) groups excluding carboxylic acids is 1. The van der Waals surface area contributed by atoms with Crippen LogP contribution in [-0.2, 0) is 4.79 Å². The van der Waals surface area contributed by atoms with Crippen LogP contribution in [0.25, 0.3) is 11.3 Å². The summed E-state index contributed by atoms with van der Waals surface area (Å²) in [5.41, 5.74) is 1.75. The minimum absolute atomic E-state index is 0.242. The number of Topliss-reactive ketones (excluding diaryl/α,β-unsaturated/α-hetero) is 1. The van der Waals surface area contributed by atoms with E-state index in [4.69, 9.17) is 0 Å². The first-order valence-corrected chi connectivity index (χ1v) is 6.53. The standard InChI is InChI=1S/C15H15FN2O/c16-12-3-1-11(2-4-12)15-9-18(10-17-15)13-5-7-14(19)8-6-13/h1-4,9-10,13H,5-8H2. The lowest BCUT2D eigenvalue weighted by molar-refractivity contribution is -0.120. The molecule has 3 rings (SSSR count). The summed E-state index contributed by atoms with van der Waals surface area (Å²) in [6.07, 6.45) is 6.88. The maximum absolute atomic E-state index is 12.9. The molecule has 0 amide bonds. The predicted octanol–water partition coefficient (Wildman–Crippen LogP) is 3.37. The van der Waals surface area contributed by atoms with Gasteiger partial charge in [-0.05, 0) is 37.1 Å². The Bertz CT molecular complexity index is 578. The maximum atomic E-state index is 12.9. The second-order valence-electron chi connectivity index (χ2n) is 4.98. The summed E-state index contributed by atoms with van der Waals surface area (Å²) >= 11 is 0. The Morgan fingerprint density at radius 3 is 2.53 bits per heavy atom. The fourth-order valence-corrected chi connectivity index (χ4v) is 2.53. The Balaban J connectivity index is 1.79. The zero-order chi connectivity index (χ0) is 13.2. The first-order valence-electron chi connectivity index (χ1n) is 6.53. The van der Waals surface area contributed by atoms with Crippen LogP contribution in [0.15, 0.2) is 36.8 Å². The van der Waals surface area contributed by atoms with Gasteiger partial charge in [0.05, 0.1) is 12.0 Å². The zero-order valence-corrected chi connectivity index (χ0v) is 10.6. The molecule has 0 spiro atoms. The molecule has 0 radical (unpaired) electrons. The van der Waals surface area contributed by atoms with E-state index in [0.29, 0.717) is 24.7 Å². The summed E-state index contributed by atoms with van der Waals surface area (Å²) in [7, 11) is 0. The second kappa shape index (κ2) is 4.96. The van der Waals surface area contributed by atoms with Crippen molar-refractivity contribution in [2.24, 2.45) is 0 Å². The van der Waals surface area contributed by atoms with Crippen LogP contribution in [0.5, 0.6) is 0 Å². The number of ketones is 1. The minimum atomic E-state index is -0.242. The first-order chi connectivity index (χ1) is 9.22. The molecule has 1 aliphatic carbocycles. The van der Waals surface area contributed by atoms with Gasteiger partial charge in [-0.15, -0.1) is 0 Å². The van der Waals surface area contributed by atoms with Crippen molar-refractivity contribution >= 4 is 5.78 Å². The van der Waals surface area contributed by atoms with Crippen molar-refractivity contribution in [3.63, 3.8) is 0 Å². The highest BCUT2D eigenvalue weighted by Gasteiger charge is 2.20. The fraction of sp³-hybridized carbons (Fsp3) is 0.333. The third kappa shape index (κ3) is 2.57. The number of aromatic nitrogens is 2. The van der Waals surface area contributed by atoms with Crippen molar-refractivity contribution in [2.75, 3.05) is 0 Å². The van der Waals surface area contributed by atoms with Gasteiger partial charge in [-0.2, -0.15) is 0 Å². The van der Waals surface area contributed by atoms with E-state index in [1.54, 1.807) is 18.5 Å². The van der Waals surface area contributed by atoms with Gasteiger partial charge in [0.1, 0.15) is 11.6 Å². The van der Waals surface area contributed by atoms with Gasteiger partial charge in [-0.1, -0.05) is 0 Å². The number of hydrogen-bond donors (Lipinski definition) is 0. The SMILES string of the molecule is O=C1CCC(n2cnc(-c3ccc(F)cc3)c2)CC1. The Kier molecular flexibility index (Phi) is 3.15. The van der Waals surface area contributed by atoms with Crippen LogP contribution >= 0.6 is 0 Å². The van der Waals surface area contributed by atoms with Crippen molar-refractivity contribution in [2.45, 2.75) is 31.7 Å². The molecule has 1 heterocycles. The third-order valence-corrected chi connectivity index (χ3v) is 3.68. The molecule has 1 aliphatic rings. The molecule has 3 nitrogen and oxygen atoms in total. The molecule has 0 N–H and O–H groups in total. The molecule has 1 saturated carbocycles. The molecule has 2 aromatic rings. The number of halogens is 1. The van der Waals surface area contributed by atoms with Crippen LogP contribution in [0.4, 0.5) is 4.39 Å². The Morgan fingerprint density at radius 2 is 1.84 bits per heavy atom. The highest BCUT2D eigenvalue weighted by atomic mass is 19.1. The van der Waals surface area contributed by atoms with Crippen molar-refractivity contribution in [3.8, 4) is 11.3 Å². The van der Waals surface area contributed by atoms with Crippen molar-refractivity contribution in [1.82, 2.24) is 9.55 Å². The minimum Gasteiger partial charge on any atom is -0.334 e. The van der Waals surface area contributed by atoms with Gasteiger partial charge in [0, 0.05) is 30.6 Å². The quantitative estimate of drug-likeness (QED) is 0.827. The fourth-order valence-electron chi connectivity index (χ4n) is 2.53. The lowest BCUT2D eigenvalue weighted by Crippen LogP contribution is -2.16. The monoisotopic (exact) mass is 258 g/mol. The summed E-state index contributed by atoms with van der Waals surface area (Å²) < 4.78 is 15.0. The van der Waals surface area contributed by atoms with Crippen LogP contribution in [0.3, 0.4) is 0 Å². The second-order valence-corrected chi connectivity index (χ2v) is 4.98. The topological polar surface area (TPSA) is 34.9 Å². The Labute approximate surface area is 111 Å². The van der Waals surface area contributed by atoms with E-state index in [0.717, 1.165) is 24.1 Å². The van der Waals surface area contributed by atoms with Gasteiger partial charge < -0.3 is 4.57 Å². The van der Waals surface area contributed by atoms with Gasteiger partial charge in [-0.3, -0.25) is 4.79 Å². The summed E-state index contributed by atoms with van der Waals surface area (Å²) in [6.45, 7) is 0. The molecule has 1 aromatic carbocycles. The molecule has 19 heavy (non-hydrogen) atoms. The largest absolute Gasteiger partial charge is 0.334 e. The maximum Gasteiger partial charge on any atom is 0.133 e. The molecule has 0 aliphatic heterocycles. The van der Waals surface area contributed by atoms with E-state index in [9.17, 15) is 9.18 Å². The van der Waals surface area contributed by atoms with Crippen molar-refractivity contribution in [3.05, 3.63) is 42.6 Å². The smallest absolute Gasteiger partial charge is 0.133 e. The van der Waals surface area contributed by atoms with Gasteiger partial charge >= 0.3 is 0 Å². The number of carbonyl (C=O) groups is 1. The molecule has 0 saturated heterocycles. The van der Waals surface area contributed by atoms with E-state index >= 15 is 0 Å². The number of imidazole rings is 1. The zero-order valence-electron chi connectivity index (χ0n) is 10.6. The number of rotatable bonds is 2. The highest BCUT2D eigenvalue weighted by molar-refractivity contribution is 5.79. The summed E-state index contributed by atoms with van der Waals surface area (Å²) in [6, 6.07) is 6.69. The van der Waals surface area contributed by atoms with Crippen LogP contribution in [0.1, 0.15) is 31.7 Å². The summed E-state index contributed by atoms with van der Waals surface area (Å²) in [5.74, 6) is 0.115. The predicted molar refractivity (Wildman–Crippen MR) is 70.1 cm³/mol. The van der Waals surface area contributed by atoms with E-state index in [1.165, 1.54) is 12.1 Å². The lowest BCUT2D eigenvalue weighted by atomic mass is 9.94. The van der Waals surface area contributed by atoms with E-state index < -0.39 is 0 Å². The van der Waals surface area contributed by atoms with Gasteiger partial charge in [0.2, 0.25) is 0 Å². The summed E-state index contributed by atoms with van der Waals surface area (Å²) in [5, 5.41) is 0. The van der Waals surface area contributed by atoms with Crippen molar-refractivity contribution in [1.29, 1.82) is 0 Å². The molecule has 0 bridgehead atoms. The average Bonchev–Trinajstić information content (AvgIpc) is 2.90. The number of benzene rings is 1. The summed E-state index contributed by atoms with van der Waals surface area (Å²) in [4.78, 5) is 15.6. The number of nitrogens with zero attached hydrogens (tertiary/aromatic N) is 2. The third-order valence-electron chi connectivity index (χ3n) is 3.68. The molecule has 0 atom stereocenters. The van der Waals surface area contributed by atoms with Crippen LogP contribution in [0.2, 0.25) is 0 Å². The van der Waals surface area contributed by atoms with E-state index in [1.807, 2.05) is 6.20 Å². The molecular weight excluding hydrogens is 243 g/mol. The lowest BCUT2D eigenvalue weighted by Gasteiger charge is -2.21. The van der Waals surface area contributed by atoms with Crippen LogP contribution < -0.4 is 0 Å². The van der Waals surface area contributed by atoms with E-state index in [2.05, 4.69) is 9.55 Å². The first kappa shape index (κ1) is 12.1. The van der Waals surface area contributed by atoms with E-state index in [-0.39, 0.29) is 5.82 Å². The van der Waals surface area contributed by atoms with Crippen LogP contribution in [-0.4, -0.2) is 15.3 Å². The van der Waals surface area contributed by atoms with Gasteiger partial charge in [0.15, 0.2) is 0 Å². The van der Waals surface area contributed by atoms with Crippen LogP contribution in [0, 0.1) is 5.82 Å². The molecule has 4 heteroatoms. The average molecular weight is 258 g/mol. The molecule has 1 fully saturated rings. The van der Waals surface area contributed by atoms with Crippen molar-refractivity contribution < 1.29 is 9.18 Å². The Morgan fingerprint density at radius 1 is 1.16 bits per heavy atom. The molecular formula is C15H15FN2O. The van der Waals surface area contributed by atoms with Gasteiger partial charge in [0.25, 0.3) is 0 Å². The molecule has 0 unspecified atom stereocenters. The number of hydrogen-bond acceptors (Lipinski definition) is 2. The highest BCUT2D eigenvalue weighted by Crippen LogP contribution is 2.28. The molecule has 98 valence electrons.